The van der Waals surface area contributed by atoms with E-state index in [1.165, 1.54) is 12.1 Å². The third kappa shape index (κ3) is 1.91. The van der Waals surface area contributed by atoms with E-state index in [4.69, 9.17) is 5.73 Å². The van der Waals surface area contributed by atoms with Crippen LogP contribution in [0.3, 0.4) is 0 Å². The summed E-state index contributed by atoms with van der Waals surface area (Å²) in [5.74, 6) is 0. The minimum absolute atomic E-state index is 0.144. The molecule has 16 heavy (non-hydrogen) atoms. The van der Waals surface area contributed by atoms with Crippen LogP contribution in [0.5, 0.6) is 0 Å². The molecule has 0 saturated carbocycles. The largest absolute Gasteiger partial charge is 0.374 e. The molecule has 0 amide bonds. The predicted octanol–water partition coefficient (Wildman–Crippen LogP) is 1.26. The van der Waals surface area contributed by atoms with E-state index < -0.39 is 9.84 Å². The third-order valence-electron chi connectivity index (χ3n) is 1.99. The van der Waals surface area contributed by atoms with Crippen LogP contribution in [-0.2, 0) is 9.84 Å². The Balaban J connectivity index is 2.51. The number of nitrogen functional groups attached to an aromatic ring is 1. The van der Waals surface area contributed by atoms with Crippen molar-refractivity contribution in [3.63, 3.8) is 0 Å². The Labute approximate surface area is 97.0 Å². The van der Waals surface area contributed by atoms with Gasteiger partial charge in [-0.05, 0) is 19.1 Å². The molecule has 2 N–H and O–H groups in total. The van der Waals surface area contributed by atoms with Gasteiger partial charge in [-0.2, -0.15) is 9.36 Å². The summed E-state index contributed by atoms with van der Waals surface area (Å²) in [4.78, 5) is 3.86. The van der Waals surface area contributed by atoms with Crippen molar-refractivity contribution in [3.05, 3.63) is 29.8 Å². The van der Waals surface area contributed by atoms with E-state index in [1.807, 2.05) is 6.92 Å². The number of aromatic nitrogens is 2. The quantitative estimate of drug-likeness (QED) is 0.873. The molecule has 5 nitrogen and oxygen atoms in total. The second kappa shape index (κ2) is 3.84. The van der Waals surface area contributed by atoms with Crippen LogP contribution in [0.25, 0.3) is 0 Å². The smallest absolute Gasteiger partial charge is 0.265 e. The monoisotopic (exact) mass is 255 g/mol. The third-order valence-corrected chi connectivity index (χ3v) is 4.21. The van der Waals surface area contributed by atoms with Gasteiger partial charge < -0.3 is 5.73 Å². The molecule has 0 unspecified atom stereocenters. The first kappa shape index (κ1) is 11.0. The van der Waals surface area contributed by atoms with Gasteiger partial charge in [-0.15, -0.1) is 0 Å². The van der Waals surface area contributed by atoms with E-state index in [0.717, 1.165) is 17.1 Å². The molecule has 0 aliphatic heterocycles. The lowest BCUT2D eigenvalue weighted by Gasteiger charge is -1.99. The number of nitrogens with zero attached hydrogens (tertiary/aromatic N) is 2. The highest BCUT2D eigenvalue weighted by molar-refractivity contribution is 7.91. The summed E-state index contributed by atoms with van der Waals surface area (Å²) in [5, 5.41) is -0.0930. The fourth-order valence-electron chi connectivity index (χ4n) is 1.15. The molecule has 1 aromatic heterocycles. The van der Waals surface area contributed by atoms with Crippen LogP contribution in [0.4, 0.5) is 5.13 Å². The molecular weight excluding hydrogens is 246 g/mol. The van der Waals surface area contributed by atoms with Gasteiger partial charge in [0.15, 0.2) is 0 Å². The standard InChI is InChI=1S/C9H9N3O2S2/c1-6-2-4-7(5-3-6)16(13,14)9-11-8(10)15-12-9/h2-5H,1H3,(H2,10,11,12). The molecule has 0 atom stereocenters. The topological polar surface area (TPSA) is 85.9 Å². The highest BCUT2D eigenvalue weighted by atomic mass is 32.2. The molecule has 84 valence electrons. The maximum atomic E-state index is 12.0. The Morgan fingerprint density at radius 1 is 1.25 bits per heavy atom. The van der Waals surface area contributed by atoms with Crippen LogP contribution in [0.2, 0.25) is 0 Å². The van der Waals surface area contributed by atoms with Gasteiger partial charge in [0.25, 0.3) is 5.16 Å². The number of rotatable bonds is 2. The Morgan fingerprint density at radius 2 is 1.88 bits per heavy atom. The minimum Gasteiger partial charge on any atom is -0.374 e. The van der Waals surface area contributed by atoms with Gasteiger partial charge in [0.2, 0.25) is 15.0 Å². The predicted molar refractivity (Wildman–Crippen MR) is 61.0 cm³/mol. The molecule has 2 aromatic rings. The van der Waals surface area contributed by atoms with E-state index in [0.29, 0.717) is 0 Å². The first-order valence-corrected chi connectivity index (χ1v) is 6.67. The van der Waals surface area contributed by atoms with Crippen molar-refractivity contribution in [2.24, 2.45) is 0 Å². The van der Waals surface area contributed by atoms with Crippen LogP contribution in [0.1, 0.15) is 5.56 Å². The second-order valence-electron chi connectivity index (χ2n) is 3.23. The number of sulfone groups is 1. The first-order valence-electron chi connectivity index (χ1n) is 4.41. The minimum atomic E-state index is -3.63. The van der Waals surface area contributed by atoms with Crippen LogP contribution in [0, 0.1) is 6.92 Å². The molecule has 0 fully saturated rings. The van der Waals surface area contributed by atoms with Crippen LogP contribution in [-0.4, -0.2) is 17.8 Å². The van der Waals surface area contributed by atoms with E-state index in [2.05, 4.69) is 9.36 Å². The summed E-state index contributed by atoms with van der Waals surface area (Å²) in [6.45, 7) is 1.88. The molecule has 0 aliphatic carbocycles. The van der Waals surface area contributed by atoms with E-state index in [1.54, 1.807) is 12.1 Å². The lowest BCUT2D eigenvalue weighted by atomic mass is 10.2. The van der Waals surface area contributed by atoms with Crippen LogP contribution in [0.15, 0.2) is 34.3 Å². The fourth-order valence-corrected chi connectivity index (χ4v) is 2.98. The molecule has 1 heterocycles. The van der Waals surface area contributed by atoms with Crippen molar-refractivity contribution >= 4 is 26.5 Å². The Morgan fingerprint density at radius 3 is 2.38 bits per heavy atom. The van der Waals surface area contributed by atoms with Crippen molar-refractivity contribution < 1.29 is 8.42 Å². The van der Waals surface area contributed by atoms with Crippen LogP contribution < -0.4 is 5.73 Å². The van der Waals surface area contributed by atoms with E-state index in [-0.39, 0.29) is 15.2 Å². The number of hydrogen-bond donors (Lipinski definition) is 1. The summed E-state index contributed by atoms with van der Waals surface area (Å²) in [6, 6.07) is 6.51. The van der Waals surface area contributed by atoms with Crippen molar-refractivity contribution in [3.8, 4) is 0 Å². The van der Waals surface area contributed by atoms with Crippen molar-refractivity contribution in [1.82, 2.24) is 9.36 Å². The van der Waals surface area contributed by atoms with Gasteiger partial charge in [-0.1, -0.05) is 17.7 Å². The zero-order chi connectivity index (χ0) is 11.8. The molecular formula is C9H9N3O2S2. The van der Waals surface area contributed by atoms with Gasteiger partial charge in [-0.3, -0.25) is 0 Å². The van der Waals surface area contributed by atoms with Gasteiger partial charge in [0.1, 0.15) is 0 Å². The van der Waals surface area contributed by atoms with Crippen molar-refractivity contribution in [1.29, 1.82) is 0 Å². The molecule has 1 aromatic carbocycles. The zero-order valence-electron chi connectivity index (χ0n) is 8.41. The Kier molecular flexibility index (Phi) is 2.64. The molecule has 0 spiro atoms. The van der Waals surface area contributed by atoms with Crippen molar-refractivity contribution in [2.75, 3.05) is 5.73 Å². The first-order chi connectivity index (χ1) is 7.50. The molecule has 0 saturated heterocycles. The fraction of sp³-hybridized carbons (Fsp3) is 0.111. The van der Waals surface area contributed by atoms with Crippen LogP contribution >= 0.6 is 11.5 Å². The molecule has 0 radical (unpaired) electrons. The lowest BCUT2D eigenvalue weighted by Crippen LogP contribution is -2.04. The maximum absolute atomic E-state index is 12.0. The number of benzene rings is 1. The highest BCUT2D eigenvalue weighted by Crippen LogP contribution is 2.20. The number of anilines is 1. The average Bonchev–Trinajstić information content (AvgIpc) is 2.66. The number of nitrogens with two attached hydrogens (primary N) is 1. The highest BCUT2D eigenvalue weighted by Gasteiger charge is 2.22. The molecule has 7 heteroatoms. The van der Waals surface area contributed by atoms with E-state index in [9.17, 15) is 8.42 Å². The molecule has 2 rings (SSSR count). The lowest BCUT2D eigenvalue weighted by molar-refractivity contribution is 0.589. The SMILES string of the molecule is Cc1ccc(S(=O)(=O)c2nsc(N)n2)cc1. The molecule has 0 aliphatic rings. The summed E-state index contributed by atoms with van der Waals surface area (Å²) in [6.07, 6.45) is 0. The van der Waals surface area contributed by atoms with Gasteiger partial charge in [0, 0.05) is 11.5 Å². The normalized spacial score (nSPS) is 11.6. The maximum Gasteiger partial charge on any atom is 0.265 e. The zero-order valence-corrected chi connectivity index (χ0v) is 10.0. The number of hydrogen-bond acceptors (Lipinski definition) is 6. The summed E-state index contributed by atoms with van der Waals surface area (Å²) in [7, 11) is -3.63. The molecule has 0 bridgehead atoms. The van der Waals surface area contributed by atoms with Gasteiger partial charge in [0.05, 0.1) is 4.90 Å². The van der Waals surface area contributed by atoms with Gasteiger partial charge >= 0.3 is 0 Å². The average molecular weight is 255 g/mol. The Bertz CT molecular complexity index is 602. The van der Waals surface area contributed by atoms with Crippen molar-refractivity contribution in [2.45, 2.75) is 17.0 Å². The summed E-state index contributed by atoms with van der Waals surface area (Å²) in [5.41, 5.74) is 6.35. The summed E-state index contributed by atoms with van der Waals surface area (Å²) >= 11 is 0.867. The Hall–Kier alpha value is -1.47. The van der Waals surface area contributed by atoms with Gasteiger partial charge in [-0.25, -0.2) is 8.42 Å². The summed E-state index contributed by atoms with van der Waals surface area (Å²) < 4.78 is 27.7. The second-order valence-corrected chi connectivity index (χ2v) is 5.86. The van der Waals surface area contributed by atoms with E-state index >= 15 is 0 Å². The number of aryl methyl sites for hydroxylation is 1.